The van der Waals surface area contributed by atoms with E-state index in [0.29, 0.717) is 42.6 Å². The maximum absolute atomic E-state index is 14.7. The molecule has 1 aliphatic carbocycles. The van der Waals surface area contributed by atoms with E-state index in [9.17, 15) is 27.2 Å². The highest BCUT2D eigenvalue weighted by Gasteiger charge is 2.53. The summed E-state index contributed by atoms with van der Waals surface area (Å²) >= 11 is 0. The van der Waals surface area contributed by atoms with Gasteiger partial charge >= 0.3 is 6.18 Å². The minimum absolute atomic E-state index is 0.0284. The van der Waals surface area contributed by atoms with Crippen molar-refractivity contribution < 1.29 is 27.2 Å². The van der Waals surface area contributed by atoms with E-state index in [1.807, 2.05) is 12.1 Å². The van der Waals surface area contributed by atoms with Crippen molar-refractivity contribution in [3.8, 4) is 0 Å². The first kappa shape index (κ1) is 36.3. The average Bonchev–Trinajstić information content (AvgIpc) is 3.55. The summed E-state index contributed by atoms with van der Waals surface area (Å²) in [5.74, 6) is -0.986. The Morgan fingerprint density at radius 3 is 2.24 bits per heavy atom. The van der Waals surface area contributed by atoms with Crippen LogP contribution in [-0.4, -0.2) is 52.6 Å². The largest absolute Gasteiger partial charge is 0.416 e. The summed E-state index contributed by atoms with van der Waals surface area (Å²) in [5.41, 5.74) is 4.29. The Labute approximate surface area is 285 Å². The van der Waals surface area contributed by atoms with Crippen molar-refractivity contribution in [1.29, 1.82) is 0 Å². The van der Waals surface area contributed by atoms with E-state index in [1.165, 1.54) is 0 Å². The molecule has 2 amide bonds. The number of hydrogen-bond donors (Lipinski definition) is 3. The van der Waals surface area contributed by atoms with E-state index >= 15 is 0 Å². The number of hydrogen-bond acceptors (Lipinski definition) is 7. The summed E-state index contributed by atoms with van der Waals surface area (Å²) in [6.45, 7) is 13.1. The number of carbonyl (C=O) groups excluding carboxylic acids is 2. The molecule has 3 N–H and O–H groups in total. The summed E-state index contributed by atoms with van der Waals surface area (Å²) in [6.07, 6.45) is -0.902. The van der Waals surface area contributed by atoms with Crippen molar-refractivity contribution in [2.75, 3.05) is 13.6 Å². The first-order valence-electron chi connectivity index (χ1n) is 16.8. The lowest BCUT2D eigenvalue weighted by molar-refractivity contribution is -0.138. The van der Waals surface area contributed by atoms with Crippen molar-refractivity contribution in [2.24, 2.45) is 26.8 Å². The molecular weight excluding hydrogens is 638 g/mol. The number of hydrazine groups is 2. The Balaban J connectivity index is 1.52. The number of aliphatic imine (C=N–C) groups is 1. The lowest BCUT2D eigenvalue weighted by Gasteiger charge is -2.47. The maximum atomic E-state index is 14.7. The van der Waals surface area contributed by atoms with E-state index in [-0.39, 0.29) is 34.6 Å². The molecule has 0 radical (unpaired) electrons. The van der Waals surface area contributed by atoms with E-state index in [1.54, 1.807) is 29.2 Å². The van der Waals surface area contributed by atoms with Gasteiger partial charge in [-0.25, -0.2) is 9.93 Å². The SMILES string of the molecule is CN1NN=C(CNC(=O)c2ccc(C(CCC(C)(C)C)N3C(=O)C(c4cc(F)cc(C(F)(F)F)c4)=NC34CCC(C(C)(C)C)CC4)cc2)N1. The molecule has 2 aliphatic heterocycles. The summed E-state index contributed by atoms with van der Waals surface area (Å²) in [6, 6.07) is 8.78. The molecule has 1 saturated carbocycles. The number of benzene rings is 2. The summed E-state index contributed by atoms with van der Waals surface area (Å²) in [4.78, 5) is 34.3. The Hall–Kier alpha value is -4.00. The third-order valence-corrected chi connectivity index (χ3v) is 9.78. The molecule has 0 saturated heterocycles. The smallest absolute Gasteiger partial charge is 0.345 e. The minimum Gasteiger partial charge on any atom is -0.345 e. The van der Waals surface area contributed by atoms with E-state index in [4.69, 9.17) is 4.99 Å². The molecule has 0 bridgehead atoms. The Morgan fingerprint density at radius 1 is 1.04 bits per heavy atom. The highest BCUT2D eigenvalue weighted by atomic mass is 19.4. The molecule has 9 nitrogen and oxygen atoms in total. The molecule has 13 heteroatoms. The summed E-state index contributed by atoms with van der Waals surface area (Å²) in [7, 11) is 1.74. The van der Waals surface area contributed by atoms with Crippen LogP contribution in [0.3, 0.4) is 0 Å². The molecular formula is C36H47F4N7O2. The van der Waals surface area contributed by atoms with Gasteiger partial charge in [-0.1, -0.05) is 53.7 Å². The van der Waals surface area contributed by atoms with Crippen LogP contribution in [0.4, 0.5) is 17.6 Å². The molecule has 266 valence electrons. The standard InChI is InChI=1S/C36H47F4N7O2/c1-33(2,3)15-14-28(22-8-10-23(11-9-22)31(48)41-21-29-43-45-46(7)44-29)47-32(49)30(24-18-26(36(38,39)40)20-27(37)19-24)42-35(47)16-12-25(13-17-35)34(4,5)6/h8-11,18-20,25,28,45H,12-17,21H2,1-7H3,(H,41,48)(H,43,44). The minimum atomic E-state index is -4.79. The van der Waals surface area contributed by atoms with Crippen molar-refractivity contribution >= 4 is 23.4 Å². The highest BCUT2D eigenvalue weighted by Crippen LogP contribution is 2.50. The van der Waals surface area contributed by atoms with Gasteiger partial charge in [-0.3, -0.25) is 20.0 Å². The fourth-order valence-corrected chi connectivity index (χ4v) is 7.02. The third-order valence-electron chi connectivity index (χ3n) is 9.78. The predicted molar refractivity (Wildman–Crippen MR) is 181 cm³/mol. The maximum Gasteiger partial charge on any atom is 0.416 e. The van der Waals surface area contributed by atoms with Gasteiger partial charge in [-0.2, -0.15) is 13.2 Å². The third kappa shape index (κ3) is 8.25. The van der Waals surface area contributed by atoms with Crippen molar-refractivity contribution in [3.63, 3.8) is 0 Å². The molecule has 2 aromatic carbocycles. The molecule has 1 fully saturated rings. The predicted octanol–water partition coefficient (Wildman–Crippen LogP) is 6.97. The Kier molecular flexibility index (Phi) is 9.90. The fraction of sp³-hybridized carbons (Fsp3) is 0.556. The number of rotatable bonds is 8. The molecule has 2 heterocycles. The molecule has 1 unspecified atom stereocenters. The molecule has 1 atom stereocenters. The first-order chi connectivity index (χ1) is 22.8. The fourth-order valence-electron chi connectivity index (χ4n) is 7.02. The van der Waals surface area contributed by atoms with Crippen molar-refractivity contribution in [2.45, 2.75) is 97.9 Å². The van der Waals surface area contributed by atoms with Crippen molar-refractivity contribution in [3.05, 3.63) is 70.5 Å². The number of nitrogens with one attached hydrogen (secondary N) is 3. The van der Waals surface area contributed by atoms with E-state index < -0.39 is 35.2 Å². The Bertz CT molecular complexity index is 1620. The zero-order valence-electron chi connectivity index (χ0n) is 29.3. The van der Waals surface area contributed by atoms with Gasteiger partial charge in [0.2, 0.25) is 0 Å². The van der Waals surface area contributed by atoms with Crippen LogP contribution in [-0.2, 0) is 11.0 Å². The van der Waals surface area contributed by atoms with Crippen LogP contribution in [0, 0.1) is 22.6 Å². The van der Waals surface area contributed by atoms with Crippen LogP contribution in [0.5, 0.6) is 0 Å². The first-order valence-corrected chi connectivity index (χ1v) is 16.8. The highest BCUT2D eigenvalue weighted by molar-refractivity contribution is 6.46. The second-order valence-electron chi connectivity index (χ2n) is 15.7. The van der Waals surface area contributed by atoms with E-state index in [2.05, 4.69) is 62.9 Å². The molecule has 0 aromatic heterocycles. The quantitative estimate of drug-likeness (QED) is 0.261. The van der Waals surface area contributed by atoms with Gasteiger partial charge in [0.1, 0.15) is 17.2 Å². The van der Waals surface area contributed by atoms with Gasteiger partial charge in [0, 0.05) is 18.2 Å². The number of carbonyl (C=O) groups is 2. The zero-order chi connectivity index (χ0) is 35.9. The van der Waals surface area contributed by atoms with Crippen LogP contribution >= 0.6 is 0 Å². The second-order valence-corrected chi connectivity index (χ2v) is 15.7. The van der Waals surface area contributed by atoms with Crippen LogP contribution in [0.1, 0.15) is 113 Å². The van der Waals surface area contributed by atoms with E-state index in [0.717, 1.165) is 37.0 Å². The molecule has 49 heavy (non-hydrogen) atoms. The number of nitrogens with zero attached hydrogens (tertiary/aromatic N) is 4. The van der Waals surface area contributed by atoms with Gasteiger partial charge < -0.3 is 10.2 Å². The monoisotopic (exact) mass is 685 g/mol. The molecule has 2 aromatic rings. The number of hydrazone groups is 1. The average molecular weight is 686 g/mol. The Morgan fingerprint density at radius 2 is 1.69 bits per heavy atom. The van der Waals surface area contributed by atoms with Gasteiger partial charge in [-0.15, -0.1) is 10.2 Å². The van der Waals surface area contributed by atoms with Crippen LogP contribution in [0.15, 0.2) is 52.6 Å². The zero-order valence-corrected chi connectivity index (χ0v) is 29.3. The lowest BCUT2D eigenvalue weighted by atomic mass is 9.69. The number of amidine groups is 1. The number of halogens is 4. The molecule has 5 rings (SSSR count). The second kappa shape index (κ2) is 13.4. The van der Waals surface area contributed by atoms with Gasteiger partial charge in [0.05, 0.1) is 18.2 Å². The number of amides is 2. The van der Waals surface area contributed by atoms with Gasteiger partial charge in [-0.05, 0) is 91.2 Å². The molecule has 3 aliphatic rings. The van der Waals surface area contributed by atoms with Gasteiger partial charge in [0.25, 0.3) is 11.8 Å². The van der Waals surface area contributed by atoms with Crippen molar-refractivity contribution in [1.82, 2.24) is 26.3 Å². The van der Waals surface area contributed by atoms with Crippen LogP contribution in [0.25, 0.3) is 0 Å². The topological polar surface area (TPSA) is 101 Å². The van der Waals surface area contributed by atoms with Gasteiger partial charge in [0.15, 0.2) is 5.84 Å². The lowest BCUT2D eigenvalue weighted by Crippen LogP contribution is -2.51. The summed E-state index contributed by atoms with van der Waals surface area (Å²) < 4.78 is 55.9. The number of alkyl halides is 3. The van der Waals surface area contributed by atoms with Crippen LogP contribution < -0.4 is 16.3 Å². The molecule has 1 spiro atoms. The summed E-state index contributed by atoms with van der Waals surface area (Å²) in [5, 5.41) is 8.44. The van der Waals surface area contributed by atoms with Crippen LogP contribution in [0.2, 0.25) is 0 Å². The normalized spacial score (nSPS) is 22.5.